The molecule has 1 atom stereocenters. The van der Waals surface area contributed by atoms with Crippen LogP contribution < -0.4 is 0 Å². The van der Waals surface area contributed by atoms with Crippen molar-refractivity contribution >= 4 is 22.0 Å². The van der Waals surface area contributed by atoms with Crippen molar-refractivity contribution in [1.82, 2.24) is 0 Å². The summed E-state index contributed by atoms with van der Waals surface area (Å²) in [6.45, 7) is 4.04. The molecule has 0 rings (SSSR count). The van der Waals surface area contributed by atoms with Gasteiger partial charge in [-0.25, -0.2) is 9.79 Å². The molecule has 0 aliphatic heterocycles. The molecule has 0 spiro atoms. The molecule has 0 amide bonds. The Hall–Kier alpha value is -0.140. The average molecular weight is 192 g/mol. The van der Waals surface area contributed by atoms with Gasteiger partial charge in [0, 0.05) is 5.33 Å². The normalized spacial score (nSPS) is 12.9. The highest BCUT2D eigenvalue weighted by Gasteiger charge is 2.08. The minimum Gasteiger partial charge on any atom is -0.211 e. The van der Waals surface area contributed by atoms with E-state index in [2.05, 4.69) is 20.9 Å². The second-order valence-electron chi connectivity index (χ2n) is 2.19. The Morgan fingerprint density at radius 3 is 2.33 bits per heavy atom. The SMILES string of the molecule is CC(C)[C@@H](CBr)N=C=O. The van der Waals surface area contributed by atoms with Gasteiger partial charge in [-0.05, 0) is 5.92 Å². The first kappa shape index (κ1) is 8.86. The highest BCUT2D eigenvalue weighted by atomic mass is 79.9. The fourth-order valence-corrected chi connectivity index (χ4v) is 1.32. The number of alkyl halides is 1. The van der Waals surface area contributed by atoms with Gasteiger partial charge in [-0.1, -0.05) is 29.8 Å². The minimum absolute atomic E-state index is 0.0856. The molecule has 0 saturated carbocycles. The quantitative estimate of drug-likeness (QED) is 0.380. The number of carbonyl (C=O) groups excluding carboxylic acids is 1. The molecule has 0 heterocycles. The van der Waals surface area contributed by atoms with E-state index in [9.17, 15) is 4.79 Å². The second-order valence-corrected chi connectivity index (χ2v) is 2.83. The van der Waals surface area contributed by atoms with Crippen LogP contribution in [0, 0.1) is 5.92 Å². The highest BCUT2D eigenvalue weighted by molar-refractivity contribution is 9.09. The maximum atomic E-state index is 9.77. The second kappa shape index (κ2) is 4.71. The monoisotopic (exact) mass is 191 g/mol. The first-order valence-corrected chi connectivity index (χ1v) is 3.97. The maximum absolute atomic E-state index is 9.77. The van der Waals surface area contributed by atoms with Crippen molar-refractivity contribution in [2.75, 3.05) is 5.33 Å². The molecular formula is C6H10BrNO. The Labute approximate surface area is 63.5 Å². The summed E-state index contributed by atoms with van der Waals surface area (Å²) in [5.41, 5.74) is 0. The number of aliphatic imine (C=N–C) groups is 1. The number of rotatable bonds is 3. The summed E-state index contributed by atoms with van der Waals surface area (Å²) in [4.78, 5) is 13.4. The van der Waals surface area contributed by atoms with Gasteiger partial charge in [-0.2, -0.15) is 0 Å². The lowest BCUT2D eigenvalue weighted by Gasteiger charge is -2.08. The molecule has 9 heavy (non-hydrogen) atoms. The zero-order valence-corrected chi connectivity index (χ0v) is 7.18. The molecule has 0 aromatic heterocycles. The van der Waals surface area contributed by atoms with E-state index < -0.39 is 0 Å². The molecule has 0 saturated heterocycles. The number of isocyanates is 1. The number of halogens is 1. The summed E-state index contributed by atoms with van der Waals surface area (Å²) in [6.07, 6.45) is 1.55. The molecule has 0 bridgehead atoms. The van der Waals surface area contributed by atoms with Crippen LogP contribution in [0.5, 0.6) is 0 Å². The van der Waals surface area contributed by atoms with Crippen LogP contribution in [0.15, 0.2) is 4.99 Å². The van der Waals surface area contributed by atoms with Crippen molar-refractivity contribution < 1.29 is 4.79 Å². The van der Waals surface area contributed by atoms with Gasteiger partial charge < -0.3 is 0 Å². The van der Waals surface area contributed by atoms with Crippen LogP contribution in [-0.2, 0) is 4.79 Å². The van der Waals surface area contributed by atoms with Crippen molar-refractivity contribution in [3.8, 4) is 0 Å². The molecule has 0 aromatic carbocycles. The molecule has 0 N–H and O–H groups in total. The topological polar surface area (TPSA) is 29.4 Å². The minimum atomic E-state index is 0.0856. The van der Waals surface area contributed by atoms with E-state index in [0.717, 1.165) is 5.33 Å². The lowest BCUT2D eigenvalue weighted by atomic mass is 10.1. The third kappa shape index (κ3) is 3.44. The summed E-state index contributed by atoms with van der Waals surface area (Å²) < 4.78 is 0. The largest absolute Gasteiger partial charge is 0.235 e. The van der Waals surface area contributed by atoms with E-state index in [0.29, 0.717) is 5.92 Å². The summed E-state index contributed by atoms with van der Waals surface area (Å²) in [5.74, 6) is 0.408. The molecule has 0 aliphatic rings. The third-order valence-corrected chi connectivity index (χ3v) is 1.81. The Morgan fingerprint density at radius 2 is 2.22 bits per heavy atom. The number of nitrogens with zero attached hydrogens (tertiary/aromatic N) is 1. The molecule has 0 unspecified atom stereocenters. The summed E-state index contributed by atoms with van der Waals surface area (Å²) >= 11 is 3.24. The summed E-state index contributed by atoms with van der Waals surface area (Å²) in [7, 11) is 0. The summed E-state index contributed by atoms with van der Waals surface area (Å²) in [6, 6.07) is 0.0856. The van der Waals surface area contributed by atoms with Crippen molar-refractivity contribution in [3.05, 3.63) is 0 Å². The van der Waals surface area contributed by atoms with E-state index in [1.807, 2.05) is 13.8 Å². The van der Waals surface area contributed by atoms with Crippen LogP contribution >= 0.6 is 15.9 Å². The lowest BCUT2D eigenvalue weighted by molar-refractivity contribution is 0.520. The van der Waals surface area contributed by atoms with Crippen LogP contribution in [0.4, 0.5) is 0 Å². The first-order valence-electron chi connectivity index (χ1n) is 2.85. The molecule has 0 aromatic rings. The van der Waals surface area contributed by atoms with Crippen LogP contribution in [0.25, 0.3) is 0 Å². The standard InChI is InChI=1S/C6H10BrNO/c1-5(2)6(3-7)8-4-9/h5-6H,3H2,1-2H3/t6-/m1/s1. The van der Waals surface area contributed by atoms with Crippen molar-refractivity contribution in [2.45, 2.75) is 19.9 Å². The first-order chi connectivity index (χ1) is 4.22. The fourth-order valence-electron chi connectivity index (χ4n) is 0.429. The van der Waals surface area contributed by atoms with Crippen molar-refractivity contribution in [1.29, 1.82) is 0 Å². The third-order valence-electron chi connectivity index (χ3n) is 1.15. The Kier molecular flexibility index (Phi) is 4.64. The van der Waals surface area contributed by atoms with Crippen molar-refractivity contribution in [2.24, 2.45) is 10.9 Å². The van der Waals surface area contributed by atoms with Gasteiger partial charge in [-0.3, -0.25) is 0 Å². The van der Waals surface area contributed by atoms with E-state index in [1.165, 1.54) is 0 Å². The molecule has 2 nitrogen and oxygen atoms in total. The van der Waals surface area contributed by atoms with Crippen LogP contribution in [0.3, 0.4) is 0 Å². The van der Waals surface area contributed by atoms with E-state index in [-0.39, 0.29) is 6.04 Å². The van der Waals surface area contributed by atoms with E-state index in [1.54, 1.807) is 6.08 Å². The summed E-state index contributed by atoms with van der Waals surface area (Å²) in [5, 5.41) is 0.736. The zero-order valence-electron chi connectivity index (χ0n) is 5.60. The van der Waals surface area contributed by atoms with Gasteiger partial charge in [0.05, 0.1) is 6.04 Å². The van der Waals surface area contributed by atoms with Gasteiger partial charge in [0.25, 0.3) is 0 Å². The van der Waals surface area contributed by atoms with Gasteiger partial charge in [0.1, 0.15) is 0 Å². The van der Waals surface area contributed by atoms with Crippen molar-refractivity contribution in [3.63, 3.8) is 0 Å². The Balaban J connectivity index is 3.82. The van der Waals surface area contributed by atoms with E-state index >= 15 is 0 Å². The fraction of sp³-hybridized carbons (Fsp3) is 0.833. The van der Waals surface area contributed by atoms with Crippen LogP contribution in [-0.4, -0.2) is 17.5 Å². The van der Waals surface area contributed by atoms with E-state index in [4.69, 9.17) is 0 Å². The van der Waals surface area contributed by atoms with Gasteiger partial charge in [0.15, 0.2) is 0 Å². The average Bonchev–Trinajstić information content (AvgIpc) is 1.82. The maximum Gasteiger partial charge on any atom is 0.235 e. The zero-order chi connectivity index (χ0) is 7.28. The Bertz CT molecular complexity index is 118. The molecule has 0 aliphatic carbocycles. The number of hydrogen-bond donors (Lipinski definition) is 0. The molecule has 3 heteroatoms. The highest BCUT2D eigenvalue weighted by Crippen LogP contribution is 2.07. The number of hydrogen-bond acceptors (Lipinski definition) is 2. The predicted octanol–water partition coefficient (Wildman–Crippen LogP) is 1.74. The lowest BCUT2D eigenvalue weighted by Crippen LogP contribution is -2.13. The Morgan fingerprint density at radius 1 is 1.67 bits per heavy atom. The molecule has 0 radical (unpaired) electrons. The van der Waals surface area contributed by atoms with Gasteiger partial charge in [0.2, 0.25) is 6.08 Å². The molecule has 0 fully saturated rings. The van der Waals surface area contributed by atoms with Crippen LogP contribution in [0.2, 0.25) is 0 Å². The molecular weight excluding hydrogens is 182 g/mol. The predicted molar refractivity (Wildman–Crippen MR) is 40.5 cm³/mol. The van der Waals surface area contributed by atoms with Gasteiger partial charge in [-0.15, -0.1) is 0 Å². The molecule has 52 valence electrons. The van der Waals surface area contributed by atoms with Crippen LogP contribution in [0.1, 0.15) is 13.8 Å². The van der Waals surface area contributed by atoms with Gasteiger partial charge >= 0.3 is 0 Å². The smallest absolute Gasteiger partial charge is 0.211 e.